The van der Waals surface area contributed by atoms with Crippen LogP contribution in [0.4, 0.5) is 0 Å². The Labute approximate surface area is 117 Å². The number of piperazine rings is 1. The molecule has 0 aromatic rings. The number of carbonyl (C=O) groups excluding carboxylic acids is 1. The summed E-state index contributed by atoms with van der Waals surface area (Å²) in [6.07, 6.45) is 3.84. The van der Waals surface area contributed by atoms with E-state index in [0.717, 1.165) is 45.4 Å². The normalized spacial score (nSPS) is 18.9. The van der Waals surface area contributed by atoms with Crippen molar-refractivity contribution >= 4 is 5.91 Å². The predicted octanol–water partition coefficient (Wildman–Crippen LogP) is 1.73. The van der Waals surface area contributed by atoms with Crippen molar-refractivity contribution in [3.8, 4) is 0 Å². The van der Waals surface area contributed by atoms with Gasteiger partial charge in [-0.3, -0.25) is 9.69 Å². The van der Waals surface area contributed by atoms with Gasteiger partial charge in [0.2, 0.25) is 5.91 Å². The van der Waals surface area contributed by atoms with Gasteiger partial charge in [-0.1, -0.05) is 33.6 Å². The third kappa shape index (κ3) is 4.77. The Morgan fingerprint density at radius 1 is 1.05 bits per heavy atom. The number of aliphatic hydroxyl groups excluding tert-OH is 1. The fourth-order valence-corrected chi connectivity index (χ4v) is 2.79. The molecule has 112 valence electrons. The maximum Gasteiger partial charge on any atom is 0.222 e. The van der Waals surface area contributed by atoms with Crippen molar-refractivity contribution in [2.24, 2.45) is 5.92 Å². The zero-order valence-corrected chi connectivity index (χ0v) is 12.8. The highest BCUT2D eigenvalue weighted by molar-refractivity contribution is 5.76. The monoisotopic (exact) mass is 270 g/mol. The van der Waals surface area contributed by atoms with E-state index in [9.17, 15) is 9.90 Å². The van der Waals surface area contributed by atoms with E-state index in [1.165, 1.54) is 0 Å². The molecule has 1 aliphatic rings. The summed E-state index contributed by atoms with van der Waals surface area (Å²) in [6, 6.07) is 0.260. The van der Waals surface area contributed by atoms with Crippen LogP contribution < -0.4 is 0 Å². The highest BCUT2D eigenvalue weighted by atomic mass is 16.3. The quantitative estimate of drug-likeness (QED) is 0.766. The molecule has 0 saturated carbocycles. The fraction of sp³-hybridized carbons (Fsp3) is 0.933. The third-order valence-corrected chi connectivity index (χ3v) is 4.48. The van der Waals surface area contributed by atoms with E-state index in [1.54, 1.807) is 0 Å². The lowest BCUT2D eigenvalue weighted by molar-refractivity contribution is -0.134. The first-order valence-electron chi connectivity index (χ1n) is 7.78. The molecule has 1 unspecified atom stereocenters. The number of amides is 1. The third-order valence-electron chi connectivity index (χ3n) is 4.48. The number of hydrogen-bond acceptors (Lipinski definition) is 3. The van der Waals surface area contributed by atoms with Gasteiger partial charge in [0.15, 0.2) is 0 Å². The maximum absolute atomic E-state index is 12.2. The molecule has 1 rings (SSSR count). The zero-order chi connectivity index (χ0) is 14.3. The molecule has 0 aliphatic carbocycles. The molecule has 1 atom stereocenters. The van der Waals surface area contributed by atoms with Crippen molar-refractivity contribution in [2.75, 3.05) is 32.8 Å². The van der Waals surface area contributed by atoms with Crippen LogP contribution in [0, 0.1) is 5.92 Å². The molecule has 1 fully saturated rings. The highest BCUT2D eigenvalue weighted by Crippen LogP contribution is 2.16. The molecule has 0 aromatic carbocycles. The Kier molecular flexibility index (Phi) is 7.39. The highest BCUT2D eigenvalue weighted by Gasteiger charge is 2.25. The van der Waals surface area contributed by atoms with Gasteiger partial charge in [0.1, 0.15) is 0 Å². The molecule has 1 amide bonds. The molecule has 4 heteroatoms. The minimum atomic E-state index is 0.220. The Hall–Kier alpha value is -0.610. The van der Waals surface area contributed by atoms with Gasteiger partial charge < -0.3 is 10.0 Å². The van der Waals surface area contributed by atoms with Crippen LogP contribution in [-0.2, 0) is 4.79 Å². The fourth-order valence-electron chi connectivity index (χ4n) is 2.79. The van der Waals surface area contributed by atoms with Crippen molar-refractivity contribution in [3.05, 3.63) is 0 Å². The Bertz CT molecular complexity index is 255. The van der Waals surface area contributed by atoms with Gasteiger partial charge in [-0.25, -0.2) is 0 Å². The minimum Gasteiger partial charge on any atom is -0.395 e. The van der Waals surface area contributed by atoms with Gasteiger partial charge in [-0.05, 0) is 12.3 Å². The standard InChI is InChI=1S/C15H30N2O2/c1-4-13(5-2)11-15(19)17-9-7-16(8-10-17)14(6-3)12-18/h13-14,18H,4-12H2,1-3H3. The maximum atomic E-state index is 12.2. The molecule has 1 saturated heterocycles. The lowest BCUT2D eigenvalue weighted by Crippen LogP contribution is -2.52. The average molecular weight is 270 g/mol. The molecule has 0 aromatic heterocycles. The molecule has 4 nitrogen and oxygen atoms in total. The molecule has 1 heterocycles. The van der Waals surface area contributed by atoms with Crippen LogP contribution in [0.25, 0.3) is 0 Å². The lowest BCUT2D eigenvalue weighted by Gasteiger charge is -2.38. The minimum absolute atomic E-state index is 0.220. The van der Waals surface area contributed by atoms with Crippen molar-refractivity contribution in [2.45, 2.75) is 52.5 Å². The summed E-state index contributed by atoms with van der Waals surface area (Å²) in [5.74, 6) is 0.844. The molecular weight excluding hydrogens is 240 g/mol. The summed E-state index contributed by atoms with van der Waals surface area (Å²) in [4.78, 5) is 16.5. The molecule has 0 bridgehead atoms. The average Bonchev–Trinajstić information content (AvgIpc) is 2.46. The van der Waals surface area contributed by atoms with Crippen LogP contribution in [-0.4, -0.2) is 59.6 Å². The van der Waals surface area contributed by atoms with Crippen LogP contribution in [0.2, 0.25) is 0 Å². The van der Waals surface area contributed by atoms with Gasteiger partial charge >= 0.3 is 0 Å². The van der Waals surface area contributed by atoms with E-state index in [-0.39, 0.29) is 12.6 Å². The van der Waals surface area contributed by atoms with Crippen molar-refractivity contribution in [3.63, 3.8) is 0 Å². The van der Waals surface area contributed by atoms with E-state index in [2.05, 4.69) is 25.7 Å². The van der Waals surface area contributed by atoms with Crippen LogP contribution in [0.15, 0.2) is 0 Å². The van der Waals surface area contributed by atoms with Gasteiger partial charge in [0.05, 0.1) is 6.61 Å². The van der Waals surface area contributed by atoms with Crippen LogP contribution >= 0.6 is 0 Å². The topological polar surface area (TPSA) is 43.8 Å². The van der Waals surface area contributed by atoms with E-state index < -0.39 is 0 Å². The molecule has 19 heavy (non-hydrogen) atoms. The van der Waals surface area contributed by atoms with Crippen molar-refractivity contribution in [1.29, 1.82) is 0 Å². The molecule has 1 aliphatic heterocycles. The number of rotatable bonds is 7. The first kappa shape index (κ1) is 16.4. The second-order valence-electron chi connectivity index (χ2n) is 5.55. The summed E-state index contributed by atoms with van der Waals surface area (Å²) in [7, 11) is 0. The van der Waals surface area contributed by atoms with Gasteiger partial charge in [-0.15, -0.1) is 0 Å². The number of carbonyl (C=O) groups is 1. The summed E-state index contributed by atoms with van der Waals surface area (Å²) < 4.78 is 0. The summed E-state index contributed by atoms with van der Waals surface area (Å²) in [5.41, 5.74) is 0. The van der Waals surface area contributed by atoms with Gasteiger partial charge in [0, 0.05) is 38.6 Å². The SMILES string of the molecule is CCC(CC)CC(=O)N1CCN(C(CC)CO)CC1. The molecule has 1 N–H and O–H groups in total. The van der Waals surface area contributed by atoms with E-state index in [1.807, 2.05) is 4.90 Å². The molecule has 0 radical (unpaired) electrons. The van der Waals surface area contributed by atoms with E-state index in [4.69, 9.17) is 0 Å². The van der Waals surface area contributed by atoms with Gasteiger partial charge in [0.25, 0.3) is 0 Å². The van der Waals surface area contributed by atoms with Crippen LogP contribution in [0.3, 0.4) is 0 Å². The lowest BCUT2D eigenvalue weighted by atomic mass is 9.98. The predicted molar refractivity (Wildman–Crippen MR) is 78.0 cm³/mol. The molecule has 0 spiro atoms. The molecular formula is C15H30N2O2. The second-order valence-corrected chi connectivity index (χ2v) is 5.55. The largest absolute Gasteiger partial charge is 0.395 e. The Morgan fingerprint density at radius 3 is 2.05 bits per heavy atom. The smallest absolute Gasteiger partial charge is 0.222 e. The van der Waals surface area contributed by atoms with Gasteiger partial charge in [-0.2, -0.15) is 0 Å². The van der Waals surface area contributed by atoms with E-state index in [0.29, 0.717) is 18.2 Å². The Balaban J connectivity index is 2.38. The number of aliphatic hydroxyl groups is 1. The first-order valence-corrected chi connectivity index (χ1v) is 7.78. The summed E-state index contributed by atoms with van der Waals surface area (Å²) in [5, 5.41) is 9.31. The zero-order valence-electron chi connectivity index (χ0n) is 12.8. The second kappa shape index (κ2) is 8.54. The number of hydrogen-bond donors (Lipinski definition) is 1. The van der Waals surface area contributed by atoms with Crippen molar-refractivity contribution in [1.82, 2.24) is 9.80 Å². The van der Waals surface area contributed by atoms with E-state index >= 15 is 0 Å². The summed E-state index contributed by atoms with van der Waals surface area (Å²) in [6.45, 7) is 10.1. The van der Waals surface area contributed by atoms with Crippen molar-refractivity contribution < 1.29 is 9.90 Å². The summed E-state index contributed by atoms with van der Waals surface area (Å²) >= 11 is 0. The van der Waals surface area contributed by atoms with Crippen LogP contribution in [0.5, 0.6) is 0 Å². The Morgan fingerprint density at radius 2 is 1.63 bits per heavy atom. The first-order chi connectivity index (χ1) is 9.15. The number of nitrogens with zero attached hydrogens (tertiary/aromatic N) is 2. The van der Waals surface area contributed by atoms with Crippen LogP contribution in [0.1, 0.15) is 46.5 Å².